The summed E-state index contributed by atoms with van der Waals surface area (Å²) < 4.78 is 0. The molecule has 5 heteroatoms. The van der Waals surface area contributed by atoms with E-state index < -0.39 is 5.91 Å². The number of rotatable bonds is 6. The highest BCUT2D eigenvalue weighted by Gasteiger charge is 2.07. The van der Waals surface area contributed by atoms with Gasteiger partial charge in [0.15, 0.2) is 0 Å². The summed E-state index contributed by atoms with van der Waals surface area (Å²) in [6, 6.07) is 23.8. The van der Waals surface area contributed by atoms with Gasteiger partial charge in [0.05, 0.1) is 10.6 Å². The van der Waals surface area contributed by atoms with Crippen molar-refractivity contribution < 1.29 is 4.79 Å². The molecule has 126 valence electrons. The van der Waals surface area contributed by atoms with Crippen molar-refractivity contribution in [2.24, 2.45) is 5.73 Å². The minimum Gasteiger partial charge on any atom is -0.381 e. The Bertz CT molecular complexity index is 867. The fourth-order valence-corrected chi connectivity index (χ4v) is 3.44. The monoisotopic (exact) mass is 368 g/mol. The highest BCUT2D eigenvalue weighted by molar-refractivity contribution is 7.99. The summed E-state index contributed by atoms with van der Waals surface area (Å²) in [4.78, 5) is 13.6. The number of amides is 1. The first-order chi connectivity index (χ1) is 12.1. The topological polar surface area (TPSA) is 55.1 Å². The molecule has 0 aliphatic carbocycles. The van der Waals surface area contributed by atoms with Gasteiger partial charge in [-0.2, -0.15) is 0 Å². The van der Waals surface area contributed by atoms with Crippen LogP contribution in [0.2, 0.25) is 5.02 Å². The first-order valence-corrected chi connectivity index (χ1v) is 8.96. The molecule has 3 aromatic carbocycles. The van der Waals surface area contributed by atoms with Crippen molar-refractivity contribution in [1.82, 2.24) is 0 Å². The Morgan fingerprint density at radius 1 is 0.960 bits per heavy atom. The Balaban J connectivity index is 1.60. The van der Waals surface area contributed by atoms with Crippen LogP contribution in [0.1, 0.15) is 15.9 Å². The highest BCUT2D eigenvalue weighted by atomic mass is 35.5. The molecule has 0 saturated heterocycles. The SMILES string of the molecule is NC(=O)c1ccc(NCc2ccc(Sc3ccccc3)cc2)cc1Cl. The van der Waals surface area contributed by atoms with Crippen LogP contribution in [-0.2, 0) is 6.54 Å². The van der Waals surface area contributed by atoms with Crippen LogP contribution in [0.4, 0.5) is 5.69 Å². The predicted molar refractivity (Wildman–Crippen MR) is 104 cm³/mol. The van der Waals surface area contributed by atoms with Crippen molar-refractivity contribution in [2.75, 3.05) is 5.32 Å². The molecule has 0 radical (unpaired) electrons. The summed E-state index contributed by atoms with van der Waals surface area (Å²) in [6.45, 7) is 0.669. The number of anilines is 1. The Kier molecular flexibility index (Phi) is 5.64. The fraction of sp³-hybridized carbons (Fsp3) is 0.0500. The van der Waals surface area contributed by atoms with E-state index in [0.717, 1.165) is 11.3 Å². The molecule has 0 heterocycles. The zero-order valence-electron chi connectivity index (χ0n) is 13.4. The van der Waals surface area contributed by atoms with E-state index in [1.54, 1.807) is 30.0 Å². The second kappa shape index (κ2) is 8.10. The van der Waals surface area contributed by atoms with Crippen LogP contribution >= 0.6 is 23.4 Å². The van der Waals surface area contributed by atoms with Gasteiger partial charge < -0.3 is 11.1 Å². The molecule has 0 aromatic heterocycles. The summed E-state index contributed by atoms with van der Waals surface area (Å²) in [5.41, 5.74) is 7.59. The summed E-state index contributed by atoms with van der Waals surface area (Å²) in [5, 5.41) is 3.65. The van der Waals surface area contributed by atoms with E-state index in [4.69, 9.17) is 17.3 Å². The number of nitrogens with two attached hydrogens (primary N) is 1. The lowest BCUT2D eigenvalue weighted by molar-refractivity contribution is 0.100. The van der Waals surface area contributed by atoms with E-state index >= 15 is 0 Å². The van der Waals surface area contributed by atoms with Gasteiger partial charge in [-0.1, -0.05) is 53.7 Å². The summed E-state index contributed by atoms with van der Waals surface area (Å²) in [6.07, 6.45) is 0. The predicted octanol–water partition coefficient (Wildman–Crippen LogP) is 5.20. The third-order valence-corrected chi connectivity index (χ3v) is 4.96. The minimum atomic E-state index is -0.525. The van der Waals surface area contributed by atoms with Crippen LogP contribution in [0.5, 0.6) is 0 Å². The van der Waals surface area contributed by atoms with Crippen LogP contribution in [0.15, 0.2) is 82.6 Å². The van der Waals surface area contributed by atoms with Gasteiger partial charge >= 0.3 is 0 Å². The summed E-state index contributed by atoms with van der Waals surface area (Å²) in [7, 11) is 0. The average molecular weight is 369 g/mol. The zero-order valence-corrected chi connectivity index (χ0v) is 15.0. The summed E-state index contributed by atoms with van der Waals surface area (Å²) >= 11 is 7.80. The van der Waals surface area contributed by atoms with Gasteiger partial charge in [-0.25, -0.2) is 0 Å². The number of hydrogen-bond donors (Lipinski definition) is 2. The Morgan fingerprint density at radius 3 is 2.28 bits per heavy atom. The van der Waals surface area contributed by atoms with Crippen molar-refractivity contribution in [3.8, 4) is 0 Å². The quantitative estimate of drug-likeness (QED) is 0.628. The molecule has 0 saturated carbocycles. The van der Waals surface area contributed by atoms with Crippen molar-refractivity contribution in [2.45, 2.75) is 16.3 Å². The van der Waals surface area contributed by atoms with Crippen LogP contribution in [0.25, 0.3) is 0 Å². The Morgan fingerprint density at radius 2 is 1.64 bits per heavy atom. The van der Waals surface area contributed by atoms with E-state index in [0.29, 0.717) is 17.1 Å². The van der Waals surface area contributed by atoms with Crippen molar-refractivity contribution in [3.05, 3.63) is 88.9 Å². The number of carbonyl (C=O) groups is 1. The molecule has 0 bridgehead atoms. The molecule has 1 amide bonds. The van der Waals surface area contributed by atoms with Crippen LogP contribution in [0.3, 0.4) is 0 Å². The molecule has 0 unspecified atom stereocenters. The third kappa shape index (κ3) is 4.78. The fourth-order valence-electron chi connectivity index (χ4n) is 2.33. The molecule has 25 heavy (non-hydrogen) atoms. The first kappa shape index (κ1) is 17.4. The number of primary amides is 1. The van der Waals surface area contributed by atoms with Gasteiger partial charge in [-0.05, 0) is 48.0 Å². The van der Waals surface area contributed by atoms with Crippen LogP contribution in [0, 0.1) is 0 Å². The van der Waals surface area contributed by atoms with Gasteiger partial charge in [-0.3, -0.25) is 4.79 Å². The van der Waals surface area contributed by atoms with Crippen molar-refractivity contribution in [1.29, 1.82) is 0 Å². The molecule has 3 rings (SSSR count). The van der Waals surface area contributed by atoms with Crippen molar-refractivity contribution >= 4 is 35.0 Å². The van der Waals surface area contributed by atoms with E-state index in [9.17, 15) is 4.79 Å². The number of hydrogen-bond acceptors (Lipinski definition) is 3. The van der Waals surface area contributed by atoms with E-state index in [1.807, 2.05) is 18.2 Å². The van der Waals surface area contributed by atoms with Gasteiger partial charge in [0.2, 0.25) is 5.91 Å². The van der Waals surface area contributed by atoms with Gasteiger partial charge in [0, 0.05) is 22.0 Å². The Labute approximate surface area is 156 Å². The second-order valence-corrected chi connectivity index (χ2v) is 7.03. The highest BCUT2D eigenvalue weighted by Crippen LogP contribution is 2.27. The Hall–Kier alpha value is -2.43. The maximum Gasteiger partial charge on any atom is 0.250 e. The average Bonchev–Trinajstić information content (AvgIpc) is 2.62. The maximum atomic E-state index is 11.2. The maximum absolute atomic E-state index is 11.2. The molecule has 0 atom stereocenters. The molecule has 3 N–H and O–H groups in total. The molecular weight excluding hydrogens is 352 g/mol. The van der Waals surface area contributed by atoms with E-state index in [1.165, 1.54) is 9.79 Å². The summed E-state index contributed by atoms with van der Waals surface area (Å²) in [5.74, 6) is -0.525. The van der Waals surface area contributed by atoms with Gasteiger partial charge in [-0.15, -0.1) is 0 Å². The largest absolute Gasteiger partial charge is 0.381 e. The lowest BCUT2D eigenvalue weighted by Gasteiger charge is -2.09. The van der Waals surface area contributed by atoms with Crippen LogP contribution < -0.4 is 11.1 Å². The molecule has 0 aliphatic rings. The normalized spacial score (nSPS) is 10.4. The lowest BCUT2D eigenvalue weighted by Crippen LogP contribution is -2.11. The molecule has 0 spiro atoms. The molecule has 3 nitrogen and oxygen atoms in total. The smallest absolute Gasteiger partial charge is 0.250 e. The minimum absolute atomic E-state index is 0.328. The molecule has 0 aliphatic heterocycles. The van der Waals surface area contributed by atoms with Gasteiger partial charge in [0.1, 0.15) is 0 Å². The van der Waals surface area contributed by atoms with Gasteiger partial charge in [0.25, 0.3) is 0 Å². The zero-order chi connectivity index (χ0) is 17.6. The third-order valence-electron chi connectivity index (χ3n) is 3.63. The number of benzene rings is 3. The van der Waals surface area contributed by atoms with E-state index in [2.05, 4.69) is 41.7 Å². The molecule has 0 fully saturated rings. The number of carbonyl (C=O) groups excluding carboxylic acids is 1. The first-order valence-electron chi connectivity index (χ1n) is 7.77. The standard InChI is InChI=1S/C20H17ClN2OS/c21-19-12-15(8-11-18(19)20(22)24)23-13-14-6-9-17(10-7-14)25-16-4-2-1-3-5-16/h1-12,23H,13H2,(H2,22,24). The van der Waals surface area contributed by atoms with Crippen molar-refractivity contribution in [3.63, 3.8) is 0 Å². The molecule has 3 aromatic rings. The van der Waals surface area contributed by atoms with E-state index in [-0.39, 0.29) is 0 Å². The lowest BCUT2D eigenvalue weighted by atomic mass is 10.2. The molecular formula is C20H17ClN2OS. The van der Waals surface area contributed by atoms with Crippen LogP contribution in [-0.4, -0.2) is 5.91 Å². The number of halogens is 1. The number of nitrogens with one attached hydrogen (secondary N) is 1. The second-order valence-electron chi connectivity index (χ2n) is 5.47.